The first-order chi connectivity index (χ1) is 14.5. The van der Waals surface area contributed by atoms with Gasteiger partial charge in [0.25, 0.3) is 11.7 Å². The van der Waals surface area contributed by atoms with E-state index < -0.39 is 11.7 Å². The standard InChI is InChI=1S/C23H25ClN2O4.ClH/c1-25(10-5-11-26-12-14-30-15-13-26)23(29)22(28)19-9-8-18(24)16-20(19)21(27)17-6-3-2-4-7-17;/h2-4,6-9,16H,5,10-15H2,1H3;1H. The van der Waals surface area contributed by atoms with Crippen LogP contribution in [0.25, 0.3) is 0 Å². The van der Waals surface area contributed by atoms with Gasteiger partial charge in [-0.15, -0.1) is 12.4 Å². The fourth-order valence-electron chi connectivity index (χ4n) is 3.39. The zero-order valence-electron chi connectivity index (χ0n) is 17.4. The molecule has 1 aliphatic heterocycles. The number of Topliss-reactive ketones (excluding diaryl/α,β-unsaturated/α-hetero) is 1. The minimum Gasteiger partial charge on any atom is -0.379 e. The van der Waals surface area contributed by atoms with Crippen molar-refractivity contribution in [2.24, 2.45) is 0 Å². The summed E-state index contributed by atoms with van der Waals surface area (Å²) < 4.78 is 5.33. The van der Waals surface area contributed by atoms with E-state index in [1.54, 1.807) is 37.4 Å². The summed E-state index contributed by atoms with van der Waals surface area (Å²) >= 11 is 6.07. The molecule has 0 spiro atoms. The molecule has 0 saturated carbocycles. The lowest BCUT2D eigenvalue weighted by atomic mass is 9.95. The van der Waals surface area contributed by atoms with Gasteiger partial charge in [-0.2, -0.15) is 0 Å². The third kappa shape index (κ3) is 6.61. The zero-order chi connectivity index (χ0) is 21.5. The average molecular weight is 465 g/mol. The number of amides is 1. The van der Waals surface area contributed by atoms with Crippen LogP contribution < -0.4 is 0 Å². The topological polar surface area (TPSA) is 66.9 Å². The molecule has 0 N–H and O–H groups in total. The maximum absolute atomic E-state index is 12.9. The van der Waals surface area contributed by atoms with E-state index in [0.29, 0.717) is 17.1 Å². The van der Waals surface area contributed by atoms with Gasteiger partial charge in [-0.05, 0) is 24.6 Å². The van der Waals surface area contributed by atoms with Crippen molar-refractivity contribution in [3.05, 3.63) is 70.2 Å². The predicted molar refractivity (Wildman–Crippen MR) is 122 cm³/mol. The van der Waals surface area contributed by atoms with Crippen molar-refractivity contribution < 1.29 is 19.1 Å². The number of halogens is 2. The summed E-state index contributed by atoms with van der Waals surface area (Å²) in [7, 11) is 1.61. The molecule has 3 rings (SSSR count). The molecule has 31 heavy (non-hydrogen) atoms. The number of ether oxygens (including phenoxy) is 1. The Morgan fingerprint density at radius 3 is 2.39 bits per heavy atom. The molecule has 0 bridgehead atoms. The first-order valence-electron chi connectivity index (χ1n) is 9.96. The number of hydrogen-bond donors (Lipinski definition) is 0. The highest BCUT2D eigenvalue weighted by molar-refractivity contribution is 6.44. The lowest BCUT2D eigenvalue weighted by molar-refractivity contribution is -0.125. The van der Waals surface area contributed by atoms with Gasteiger partial charge in [0.1, 0.15) is 0 Å². The van der Waals surface area contributed by atoms with Crippen molar-refractivity contribution in [3.8, 4) is 0 Å². The number of nitrogens with zero attached hydrogens (tertiary/aromatic N) is 2. The van der Waals surface area contributed by atoms with Gasteiger partial charge in [0.05, 0.1) is 13.2 Å². The summed E-state index contributed by atoms with van der Waals surface area (Å²) in [5, 5.41) is 0.331. The van der Waals surface area contributed by atoms with Gasteiger partial charge in [0.15, 0.2) is 5.78 Å². The number of benzene rings is 2. The van der Waals surface area contributed by atoms with Gasteiger partial charge < -0.3 is 9.64 Å². The molecule has 2 aromatic rings. The van der Waals surface area contributed by atoms with Crippen molar-refractivity contribution in [3.63, 3.8) is 0 Å². The Kier molecular flexibility index (Phi) is 9.65. The largest absolute Gasteiger partial charge is 0.379 e. The summed E-state index contributed by atoms with van der Waals surface area (Å²) in [5.74, 6) is -1.69. The van der Waals surface area contributed by atoms with Crippen molar-refractivity contribution >= 4 is 41.5 Å². The van der Waals surface area contributed by atoms with E-state index in [0.717, 1.165) is 39.3 Å². The Morgan fingerprint density at radius 2 is 1.71 bits per heavy atom. The lowest BCUT2D eigenvalue weighted by Crippen LogP contribution is -2.39. The second-order valence-electron chi connectivity index (χ2n) is 7.25. The van der Waals surface area contributed by atoms with Crippen LogP contribution in [-0.2, 0) is 9.53 Å². The minimum absolute atomic E-state index is 0. The molecule has 0 aliphatic carbocycles. The molecule has 0 aromatic heterocycles. The van der Waals surface area contributed by atoms with Crippen molar-refractivity contribution in [1.29, 1.82) is 0 Å². The normalized spacial score (nSPS) is 13.9. The van der Waals surface area contributed by atoms with Gasteiger partial charge in [-0.1, -0.05) is 41.9 Å². The monoisotopic (exact) mass is 464 g/mol. The van der Waals surface area contributed by atoms with Crippen LogP contribution in [0.15, 0.2) is 48.5 Å². The zero-order valence-corrected chi connectivity index (χ0v) is 19.0. The summed E-state index contributed by atoms with van der Waals surface area (Å²) in [4.78, 5) is 42.2. The van der Waals surface area contributed by atoms with E-state index in [1.807, 2.05) is 0 Å². The van der Waals surface area contributed by atoms with E-state index in [2.05, 4.69) is 4.90 Å². The molecular formula is C23H26Cl2N2O4. The minimum atomic E-state index is -0.708. The van der Waals surface area contributed by atoms with Crippen molar-refractivity contribution in [2.75, 3.05) is 46.4 Å². The van der Waals surface area contributed by atoms with Crippen LogP contribution in [0.4, 0.5) is 0 Å². The second kappa shape index (κ2) is 12.0. The molecule has 1 saturated heterocycles. The number of carbonyl (C=O) groups excluding carboxylic acids is 3. The number of likely N-dealkylation sites (N-methyl/N-ethyl adjacent to an activating group) is 1. The first kappa shape index (κ1) is 25.0. The number of carbonyl (C=O) groups is 3. The van der Waals surface area contributed by atoms with Crippen LogP contribution in [0.3, 0.4) is 0 Å². The molecule has 1 fully saturated rings. The number of hydrogen-bond acceptors (Lipinski definition) is 5. The van der Waals surface area contributed by atoms with E-state index in [9.17, 15) is 14.4 Å². The molecule has 0 atom stereocenters. The van der Waals surface area contributed by atoms with Crippen LogP contribution >= 0.6 is 24.0 Å². The van der Waals surface area contributed by atoms with Gasteiger partial charge in [0.2, 0.25) is 0 Å². The summed E-state index contributed by atoms with van der Waals surface area (Å²) in [6.07, 6.45) is 0.756. The third-order valence-electron chi connectivity index (χ3n) is 5.12. The molecular weight excluding hydrogens is 439 g/mol. The maximum Gasteiger partial charge on any atom is 0.294 e. The molecule has 2 aromatic carbocycles. The number of rotatable bonds is 8. The number of morpholine rings is 1. The van der Waals surface area contributed by atoms with E-state index in [4.69, 9.17) is 16.3 Å². The Morgan fingerprint density at radius 1 is 1.03 bits per heavy atom. The predicted octanol–water partition coefficient (Wildman–Crippen LogP) is 3.36. The van der Waals surface area contributed by atoms with Crippen LogP contribution in [0.1, 0.15) is 32.7 Å². The van der Waals surface area contributed by atoms with Crippen molar-refractivity contribution in [2.45, 2.75) is 6.42 Å². The summed E-state index contributed by atoms with van der Waals surface area (Å²) in [5.41, 5.74) is 0.632. The molecule has 6 nitrogen and oxygen atoms in total. The molecule has 1 heterocycles. The molecule has 0 unspecified atom stereocenters. The van der Waals surface area contributed by atoms with Gasteiger partial charge in [-0.25, -0.2) is 0 Å². The first-order valence-corrected chi connectivity index (χ1v) is 10.3. The summed E-state index contributed by atoms with van der Waals surface area (Å²) in [6, 6.07) is 13.0. The van der Waals surface area contributed by atoms with Crippen molar-refractivity contribution in [1.82, 2.24) is 9.80 Å². The molecule has 1 aliphatic rings. The van der Waals surface area contributed by atoms with E-state index in [-0.39, 0.29) is 29.3 Å². The van der Waals surface area contributed by atoms with Gasteiger partial charge in [0, 0.05) is 54.9 Å². The Hall–Kier alpha value is -2.25. The molecule has 8 heteroatoms. The Bertz CT molecular complexity index is 915. The highest BCUT2D eigenvalue weighted by Crippen LogP contribution is 2.21. The second-order valence-corrected chi connectivity index (χ2v) is 7.68. The SMILES string of the molecule is CN(CCCN1CCOCC1)C(=O)C(=O)c1ccc(Cl)cc1C(=O)c1ccccc1.Cl. The lowest BCUT2D eigenvalue weighted by Gasteiger charge is -2.27. The number of ketones is 2. The molecule has 1 amide bonds. The summed E-state index contributed by atoms with van der Waals surface area (Å²) in [6.45, 7) is 4.51. The average Bonchev–Trinajstić information content (AvgIpc) is 2.78. The fourth-order valence-corrected chi connectivity index (χ4v) is 3.57. The van der Waals surface area contributed by atoms with Gasteiger partial charge in [-0.3, -0.25) is 19.3 Å². The quantitative estimate of drug-likeness (QED) is 0.442. The highest BCUT2D eigenvalue weighted by atomic mass is 35.5. The smallest absolute Gasteiger partial charge is 0.294 e. The fraction of sp³-hybridized carbons (Fsp3) is 0.348. The molecule has 166 valence electrons. The highest BCUT2D eigenvalue weighted by Gasteiger charge is 2.26. The van der Waals surface area contributed by atoms with Gasteiger partial charge >= 0.3 is 0 Å². The van der Waals surface area contributed by atoms with Crippen LogP contribution in [0, 0.1) is 0 Å². The van der Waals surface area contributed by atoms with E-state index >= 15 is 0 Å². The van der Waals surface area contributed by atoms with Crippen LogP contribution in [-0.4, -0.2) is 73.7 Å². The molecule has 0 radical (unpaired) electrons. The van der Waals surface area contributed by atoms with Crippen LogP contribution in [0.5, 0.6) is 0 Å². The third-order valence-corrected chi connectivity index (χ3v) is 5.35. The van der Waals surface area contributed by atoms with E-state index in [1.165, 1.54) is 23.1 Å². The Labute approximate surface area is 193 Å². The maximum atomic E-state index is 12.9. The Balaban J connectivity index is 0.00000341. The van der Waals surface area contributed by atoms with Crippen LogP contribution in [0.2, 0.25) is 5.02 Å².